The van der Waals surface area contributed by atoms with Gasteiger partial charge in [-0.15, -0.1) is 11.3 Å². The van der Waals surface area contributed by atoms with E-state index in [4.69, 9.17) is 16.7 Å². The van der Waals surface area contributed by atoms with Crippen molar-refractivity contribution in [2.45, 2.75) is 4.21 Å². The number of sulfonamides is 1. The van der Waals surface area contributed by atoms with Gasteiger partial charge < -0.3 is 5.11 Å². The molecule has 2 aromatic heterocycles. The van der Waals surface area contributed by atoms with Gasteiger partial charge >= 0.3 is 5.97 Å². The molecule has 0 spiro atoms. The second kappa shape index (κ2) is 5.64. The van der Waals surface area contributed by atoms with Crippen LogP contribution in [0.2, 0.25) is 5.15 Å². The van der Waals surface area contributed by atoms with Gasteiger partial charge in [0.25, 0.3) is 10.0 Å². The Hall–Kier alpha value is -1.23. The Labute approximate surface area is 130 Å². The van der Waals surface area contributed by atoms with Crippen LogP contribution in [-0.4, -0.2) is 29.5 Å². The standard InChI is InChI=1S/C9H5BrClN3O4S2/c10-5-1-4(2-12-7(5)11)14-20(17,18)9-6(8(15)16)13-3-19-9/h1-3,14H,(H,15,16). The minimum Gasteiger partial charge on any atom is -0.476 e. The zero-order chi connectivity index (χ0) is 14.9. The number of halogens is 2. The fourth-order valence-corrected chi connectivity index (χ4v) is 3.87. The van der Waals surface area contributed by atoms with E-state index in [1.54, 1.807) is 0 Å². The van der Waals surface area contributed by atoms with E-state index in [1.165, 1.54) is 12.3 Å². The minimum atomic E-state index is -4.05. The minimum absolute atomic E-state index is 0.144. The van der Waals surface area contributed by atoms with E-state index in [0.717, 1.165) is 5.51 Å². The summed E-state index contributed by atoms with van der Waals surface area (Å²) in [6, 6.07) is 1.41. The third kappa shape index (κ3) is 3.08. The van der Waals surface area contributed by atoms with E-state index < -0.39 is 21.7 Å². The summed E-state index contributed by atoms with van der Waals surface area (Å²) in [5.41, 5.74) is 0.767. The van der Waals surface area contributed by atoms with E-state index in [-0.39, 0.29) is 15.0 Å². The van der Waals surface area contributed by atoms with Gasteiger partial charge in [-0.2, -0.15) is 0 Å². The van der Waals surface area contributed by atoms with Crippen LogP contribution in [0.1, 0.15) is 10.5 Å². The van der Waals surface area contributed by atoms with Crippen LogP contribution >= 0.6 is 38.9 Å². The van der Waals surface area contributed by atoms with Crippen LogP contribution in [0.25, 0.3) is 0 Å². The largest absolute Gasteiger partial charge is 0.476 e. The summed E-state index contributed by atoms with van der Waals surface area (Å²) in [7, 11) is -4.05. The van der Waals surface area contributed by atoms with Gasteiger partial charge in [0.1, 0.15) is 5.15 Å². The monoisotopic (exact) mass is 397 g/mol. The maximum atomic E-state index is 12.1. The number of aromatic carboxylic acids is 1. The van der Waals surface area contributed by atoms with Crippen molar-refractivity contribution in [3.8, 4) is 0 Å². The molecule has 2 aromatic rings. The van der Waals surface area contributed by atoms with Gasteiger partial charge in [-0.05, 0) is 22.0 Å². The van der Waals surface area contributed by atoms with Gasteiger partial charge in [0, 0.05) is 0 Å². The van der Waals surface area contributed by atoms with Crippen molar-refractivity contribution in [3.05, 3.63) is 33.1 Å². The Morgan fingerprint density at radius 2 is 2.15 bits per heavy atom. The number of rotatable bonds is 4. The molecule has 2 heterocycles. The topological polar surface area (TPSA) is 109 Å². The maximum Gasteiger partial charge on any atom is 0.356 e. The number of hydrogen-bond donors (Lipinski definition) is 2. The van der Waals surface area contributed by atoms with Crippen molar-refractivity contribution in [3.63, 3.8) is 0 Å². The number of aromatic nitrogens is 2. The first kappa shape index (κ1) is 15.2. The third-order valence-corrected chi connectivity index (χ3v) is 5.92. The van der Waals surface area contributed by atoms with Crippen LogP contribution in [-0.2, 0) is 10.0 Å². The van der Waals surface area contributed by atoms with Gasteiger partial charge in [-0.1, -0.05) is 11.6 Å². The Kier molecular flexibility index (Phi) is 4.28. The molecule has 0 unspecified atom stereocenters. The lowest BCUT2D eigenvalue weighted by atomic mass is 10.4. The summed E-state index contributed by atoms with van der Waals surface area (Å²) in [6.45, 7) is 0. The predicted octanol–water partition coefficient (Wildman–Crippen LogP) is 2.45. The predicted molar refractivity (Wildman–Crippen MR) is 76.8 cm³/mol. The number of nitrogens with one attached hydrogen (secondary N) is 1. The second-order valence-electron chi connectivity index (χ2n) is 3.40. The van der Waals surface area contributed by atoms with Crippen molar-refractivity contribution < 1.29 is 18.3 Å². The molecule has 0 radical (unpaired) electrons. The lowest BCUT2D eigenvalue weighted by molar-refractivity contribution is 0.0687. The molecule has 0 aliphatic heterocycles. The molecule has 2 rings (SSSR count). The lowest BCUT2D eigenvalue weighted by Gasteiger charge is -2.07. The highest BCUT2D eigenvalue weighted by molar-refractivity contribution is 9.10. The highest BCUT2D eigenvalue weighted by Crippen LogP contribution is 2.26. The van der Waals surface area contributed by atoms with Gasteiger partial charge in [0.2, 0.25) is 0 Å². The summed E-state index contributed by atoms with van der Waals surface area (Å²) < 4.78 is 26.4. The van der Waals surface area contributed by atoms with Crippen LogP contribution in [0.3, 0.4) is 0 Å². The molecule has 0 fully saturated rings. The Morgan fingerprint density at radius 3 is 2.75 bits per heavy atom. The number of hydrogen-bond acceptors (Lipinski definition) is 6. The first-order valence-electron chi connectivity index (χ1n) is 4.82. The molecule has 2 N–H and O–H groups in total. The first-order chi connectivity index (χ1) is 9.31. The van der Waals surface area contributed by atoms with Crippen molar-refractivity contribution >= 4 is 60.5 Å². The second-order valence-corrected chi connectivity index (χ2v) is 7.34. The summed E-state index contributed by atoms with van der Waals surface area (Å²) >= 11 is 9.52. The average molecular weight is 399 g/mol. The molecular weight excluding hydrogens is 394 g/mol. The number of carboxylic acid groups (broad SMARTS) is 1. The third-order valence-electron chi connectivity index (χ3n) is 2.03. The Morgan fingerprint density at radius 1 is 1.45 bits per heavy atom. The van der Waals surface area contributed by atoms with Gasteiger partial charge in [0.15, 0.2) is 9.90 Å². The quantitative estimate of drug-likeness (QED) is 0.766. The van der Waals surface area contributed by atoms with E-state index in [2.05, 4.69) is 30.6 Å². The molecular formula is C9H5BrClN3O4S2. The number of anilines is 1. The number of thiazole rings is 1. The molecule has 7 nitrogen and oxygen atoms in total. The van der Waals surface area contributed by atoms with Gasteiger partial charge in [0.05, 0.1) is 21.9 Å². The van der Waals surface area contributed by atoms with E-state index in [1.807, 2.05) is 0 Å². The normalized spacial score (nSPS) is 11.3. The van der Waals surface area contributed by atoms with Gasteiger partial charge in [-0.25, -0.2) is 23.2 Å². The summed E-state index contributed by atoms with van der Waals surface area (Å²) in [6.07, 6.45) is 1.21. The number of carboxylic acids is 1. The fourth-order valence-electron chi connectivity index (χ4n) is 1.25. The Balaban J connectivity index is 2.38. The van der Waals surface area contributed by atoms with Crippen LogP contribution in [0, 0.1) is 0 Å². The molecule has 0 aliphatic carbocycles. The molecule has 0 bridgehead atoms. The summed E-state index contributed by atoms with van der Waals surface area (Å²) in [5, 5.41) is 9.06. The highest BCUT2D eigenvalue weighted by Gasteiger charge is 2.26. The lowest BCUT2D eigenvalue weighted by Crippen LogP contribution is -2.15. The Bertz CT molecular complexity index is 777. The smallest absolute Gasteiger partial charge is 0.356 e. The summed E-state index contributed by atoms with van der Waals surface area (Å²) in [4.78, 5) is 18.2. The van der Waals surface area contributed by atoms with Crippen LogP contribution in [0.5, 0.6) is 0 Å². The fraction of sp³-hybridized carbons (Fsp3) is 0. The van der Waals surface area contributed by atoms with Crippen LogP contribution in [0.4, 0.5) is 5.69 Å². The molecule has 0 aliphatic rings. The zero-order valence-corrected chi connectivity index (χ0v) is 13.3. The van der Waals surface area contributed by atoms with Crippen molar-refractivity contribution in [1.29, 1.82) is 0 Å². The molecule has 20 heavy (non-hydrogen) atoms. The average Bonchev–Trinajstić information content (AvgIpc) is 2.83. The highest BCUT2D eigenvalue weighted by atomic mass is 79.9. The van der Waals surface area contributed by atoms with Crippen LogP contribution < -0.4 is 4.72 Å². The van der Waals surface area contributed by atoms with Crippen LogP contribution in [0.15, 0.2) is 26.5 Å². The number of nitrogens with zero attached hydrogens (tertiary/aromatic N) is 2. The van der Waals surface area contributed by atoms with Crippen molar-refractivity contribution in [1.82, 2.24) is 9.97 Å². The molecule has 0 atom stereocenters. The summed E-state index contributed by atoms with van der Waals surface area (Å²) in [5.74, 6) is -1.41. The van der Waals surface area contributed by atoms with Gasteiger partial charge in [-0.3, -0.25) is 4.72 Å². The molecule has 0 aromatic carbocycles. The van der Waals surface area contributed by atoms with E-state index >= 15 is 0 Å². The SMILES string of the molecule is O=C(O)c1ncsc1S(=O)(=O)Nc1cnc(Cl)c(Br)c1. The van der Waals surface area contributed by atoms with Crippen molar-refractivity contribution in [2.75, 3.05) is 4.72 Å². The van der Waals surface area contributed by atoms with E-state index in [9.17, 15) is 13.2 Å². The maximum absolute atomic E-state index is 12.1. The van der Waals surface area contributed by atoms with Crippen molar-refractivity contribution in [2.24, 2.45) is 0 Å². The molecule has 11 heteroatoms. The molecule has 0 amide bonds. The molecule has 0 saturated heterocycles. The van der Waals surface area contributed by atoms with E-state index in [0.29, 0.717) is 15.8 Å². The molecule has 0 saturated carbocycles. The number of pyridine rings is 1. The first-order valence-corrected chi connectivity index (χ1v) is 8.35. The molecule has 106 valence electrons. The zero-order valence-electron chi connectivity index (χ0n) is 9.37. The number of carbonyl (C=O) groups is 1.